The summed E-state index contributed by atoms with van der Waals surface area (Å²) in [5.41, 5.74) is 0. The summed E-state index contributed by atoms with van der Waals surface area (Å²) >= 11 is 0. The molecule has 2 aliphatic rings. The van der Waals surface area contributed by atoms with E-state index in [1.165, 1.54) is 84.5 Å². The van der Waals surface area contributed by atoms with Crippen LogP contribution in [-0.2, 0) is 0 Å². The van der Waals surface area contributed by atoms with Crippen LogP contribution in [0.4, 0.5) is 0 Å². The summed E-state index contributed by atoms with van der Waals surface area (Å²) < 4.78 is 0. The van der Waals surface area contributed by atoms with Gasteiger partial charge in [-0.1, -0.05) is 13.3 Å². The number of piperazine rings is 1. The quantitative estimate of drug-likeness (QED) is 0.715. The van der Waals surface area contributed by atoms with Crippen LogP contribution in [0.15, 0.2) is 0 Å². The number of rotatable bonds is 7. The van der Waals surface area contributed by atoms with Gasteiger partial charge in [-0.3, -0.25) is 4.90 Å². The van der Waals surface area contributed by atoms with E-state index in [1.807, 2.05) is 0 Å². The molecule has 2 fully saturated rings. The maximum atomic E-state index is 2.70. The highest BCUT2D eigenvalue weighted by atomic mass is 15.3. The summed E-state index contributed by atoms with van der Waals surface area (Å²) in [5, 5.41) is 0. The van der Waals surface area contributed by atoms with E-state index in [1.54, 1.807) is 0 Å². The highest BCUT2D eigenvalue weighted by molar-refractivity contribution is 4.77. The van der Waals surface area contributed by atoms with E-state index >= 15 is 0 Å². The Bertz CT molecular complexity index is 264. The van der Waals surface area contributed by atoms with Crippen molar-refractivity contribution in [2.24, 2.45) is 5.92 Å². The molecule has 3 nitrogen and oxygen atoms in total. The second-order valence-electron chi connectivity index (χ2n) is 7.40. The van der Waals surface area contributed by atoms with Gasteiger partial charge in [-0.2, -0.15) is 0 Å². The van der Waals surface area contributed by atoms with Crippen LogP contribution < -0.4 is 0 Å². The van der Waals surface area contributed by atoms with E-state index in [2.05, 4.69) is 35.5 Å². The fourth-order valence-electron chi connectivity index (χ4n) is 3.75. The van der Waals surface area contributed by atoms with E-state index in [0.29, 0.717) is 0 Å². The highest BCUT2D eigenvalue weighted by Crippen LogP contribution is 2.21. The fraction of sp³-hybridized carbons (Fsp3) is 1.00. The third-order valence-corrected chi connectivity index (χ3v) is 5.53. The molecule has 0 aromatic carbocycles. The zero-order valence-electron chi connectivity index (χ0n) is 14.7. The Morgan fingerprint density at radius 2 is 1.48 bits per heavy atom. The monoisotopic (exact) mass is 295 g/mol. The van der Waals surface area contributed by atoms with E-state index in [4.69, 9.17) is 0 Å². The molecule has 2 saturated heterocycles. The molecule has 0 amide bonds. The maximum absolute atomic E-state index is 2.70. The number of nitrogens with zero attached hydrogens (tertiary/aromatic N) is 3. The van der Waals surface area contributed by atoms with Crippen molar-refractivity contribution >= 4 is 0 Å². The van der Waals surface area contributed by atoms with E-state index in [-0.39, 0.29) is 0 Å². The predicted octanol–water partition coefficient (Wildman–Crippen LogP) is 2.91. The molecule has 124 valence electrons. The lowest BCUT2D eigenvalue weighted by Crippen LogP contribution is -2.49. The Balaban J connectivity index is 1.56. The van der Waals surface area contributed by atoms with Gasteiger partial charge in [0, 0.05) is 32.2 Å². The standard InChI is InChI=1S/C18H37N3/c1-4-5-9-19-10-6-18(7-11-19)8-12-20-13-15-21(16-14-20)17(2)3/h17-18H,4-16H2,1-3H3. The third kappa shape index (κ3) is 5.88. The summed E-state index contributed by atoms with van der Waals surface area (Å²) in [6.45, 7) is 17.4. The molecule has 0 spiro atoms. The summed E-state index contributed by atoms with van der Waals surface area (Å²) in [6, 6.07) is 0.722. The molecule has 2 heterocycles. The van der Waals surface area contributed by atoms with Gasteiger partial charge < -0.3 is 9.80 Å². The van der Waals surface area contributed by atoms with Gasteiger partial charge in [0.15, 0.2) is 0 Å². The lowest BCUT2D eigenvalue weighted by atomic mass is 9.93. The van der Waals surface area contributed by atoms with Crippen molar-refractivity contribution in [3.8, 4) is 0 Å². The zero-order chi connectivity index (χ0) is 15.1. The molecule has 0 N–H and O–H groups in total. The first-order chi connectivity index (χ1) is 10.2. The van der Waals surface area contributed by atoms with Crippen molar-refractivity contribution in [1.82, 2.24) is 14.7 Å². The van der Waals surface area contributed by atoms with Crippen molar-refractivity contribution in [1.29, 1.82) is 0 Å². The van der Waals surface area contributed by atoms with Gasteiger partial charge in [0.2, 0.25) is 0 Å². The Labute approximate surface area is 132 Å². The normalized spacial score (nSPS) is 24.0. The smallest absolute Gasteiger partial charge is 0.0113 e. The average Bonchev–Trinajstić information content (AvgIpc) is 2.52. The van der Waals surface area contributed by atoms with Gasteiger partial charge in [0.25, 0.3) is 0 Å². The van der Waals surface area contributed by atoms with Crippen molar-refractivity contribution in [3.63, 3.8) is 0 Å². The molecule has 0 aromatic rings. The molecule has 21 heavy (non-hydrogen) atoms. The predicted molar refractivity (Wildman–Crippen MR) is 91.8 cm³/mol. The third-order valence-electron chi connectivity index (χ3n) is 5.53. The molecule has 0 radical (unpaired) electrons. The van der Waals surface area contributed by atoms with E-state index < -0.39 is 0 Å². The number of unbranched alkanes of at least 4 members (excludes halogenated alkanes) is 1. The molecule has 0 atom stereocenters. The summed E-state index contributed by atoms with van der Waals surface area (Å²) in [4.78, 5) is 7.99. The molecular weight excluding hydrogens is 258 g/mol. The first kappa shape index (κ1) is 17.2. The SMILES string of the molecule is CCCCN1CCC(CCN2CCN(C(C)C)CC2)CC1. The van der Waals surface area contributed by atoms with E-state index in [9.17, 15) is 0 Å². The molecule has 0 unspecified atom stereocenters. The van der Waals surface area contributed by atoms with Crippen LogP contribution >= 0.6 is 0 Å². The first-order valence-electron chi connectivity index (χ1n) is 9.37. The van der Waals surface area contributed by atoms with Crippen LogP contribution in [-0.4, -0.2) is 73.1 Å². The van der Waals surface area contributed by atoms with Gasteiger partial charge >= 0.3 is 0 Å². The summed E-state index contributed by atoms with van der Waals surface area (Å²) in [5.74, 6) is 0.992. The van der Waals surface area contributed by atoms with Crippen LogP contribution in [0.5, 0.6) is 0 Å². The Morgan fingerprint density at radius 3 is 2.05 bits per heavy atom. The van der Waals surface area contributed by atoms with E-state index in [0.717, 1.165) is 12.0 Å². The molecule has 0 aliphatic carbocycles. The van der Waals surface area contributed by atoms with Crippen LogP contribution in [0.3, 0.4) is 0 Å². The van der Waals surface area contributed by atoms with Crippen LogP contribution in [0.2, 0.25) is 0 Å². The van der Waals surface area contributed by atoms with Crippen molar-refractivity contribution in [3.05, 3.63) is 0 Å². The second-order valence-corrected chi connectivity index (χ2v) is 7.40. The van der Waals surface area contributed by atoms with Gasteiger partial charge in [0.05, 0.1) is 0 Å². The molecule has 2 aliphatic heterocycles. The number of hydrogen-bond donors (Lipinski definition) is 0. The van der Waals surface area contributed by atoms with Crippen molar-refractivity contribution in [2.45, 2.75) is 58.9 Å². The van der Waals surface area contributed by atoms with Crippen molar-refractivity contribution in [2.75, 3.05) is 52.4 Å². The maximum Gasteiger partial charge on any atom is 0.0113 e. The van der Waals surface area contributed by atoms with Crippen LogP contribution in [0.25, 0.3) is 0 Å². The summed E-state index contributed by atoms with van der Waals surface area (Å²) in [7, 11) is 0. The molecule has 2 rings (SSSR count). The lowest BCUT2D eigenvalue weighted by molar-refractivity contribution is 0.0976. The minimum Gasteiger partial charge on any atom is -0.303 e. The molecule has 0 saturated carbocycles. The zero-order valence-corrected chi connectivity index (χ0v) is 14.7. The summed E-state index contributed by atoms with van der Waals surface area (Å²) in [6.07, 6.45) is 7.03. The Morgan fingerprint density at radius 1 is 0.857 bits per heavy atom. The Hall–Kier alpha value is -0.120. The Kier molecular flexibility index (Phi) is 7.48. The number of piperidine rings is 1. The lowest BCUT2D eigenvalue weighted by Gasteiger charge is -2.38. The van der Waals surface area contributed by atoms with Crippen LogP contribution in [0.1, 0.15) is 52.9 Å². The van der Waals surface area contributed by atoms with Gasteiger partial charge in [-0.25, -0.2) is 0 Å². The first-order valence-corrected chi connectivity index (χ1v) is 9.37. The number of likely N-dealkylation sites (tertiary alicyclic amines) is 1. The van der Waals surface area contributed by atoms with Crippen molar-refractivity contribution < 1.29 is 0 Å². The van der Waals surface area contributed by atoms with Gasteiger partial charge in [-0.05, 0) is 71.6 Å². The second kappa shape index (κ2) is 9.12. The minimum absolute atomic E-state index is 0.722. The highest BCUT2D eigenvalue weighted by Gasteiger charge is 2.22. The molecule has 3 heteroatoms. The molecular formula is C18H37N3. The molecule has 0 bridgehead atoms. The fourth-order valence-corrected chi connectivity index (χ4v) is 3.75. The topological polar surface area (TPSA) is 9.72 Å². The van der Waals surface area contributed by atoms with Gasteiger partial charge in [-0.15, -0.1) is 0 Å². The van der Waals surface area contributed by atoms with Crippen LogP contribution in [0, 0.1) is 5.92 Å². The number of hydrogen-bond acceptors (Lipinski definition) is 3. The largest absolute Gasteiger partial charge is 0.303 e. The molecule has 0 aromatic heterocycles. The van der Waals surface area contributed by atoms with Gasteiger partial charge in [0.1, 0.15) is 0 Å². The minimum atomic E-state index is 0.722. The average molecular weight is 296 g/mol.